The molecule has 3 aliphatic rings. The number of nitrogens with zero attached hydrogens (tertiary/aromatic N) is 2. The van der Waals surface area contributed by atoms with Gasteiger partial charge in [0.25, 0.3) is 0 Å². The van der Waals surface area contributed by atoms with E-state index in [2.05, 4.69) is 10.2 Å². The molecule has 1 saturated heterocycles. The lowest BCUT2D eigenvalue weighted by Gasteiger charge is -2.34. The molecule has 0 bridgehead atoms. The quantitative estimate of drug-likeness (QED) is 0.810. The minimum Gasteiger partial charge on any atom is -0.396 e. The van der Waals surface area contributed by atoms with Crippen LogP contribution in [0.3, 0.4) is 0 Å². The first kappa shape index (κ1) is 18.0. The van der Waals surface area contributed by atoms with Gasteiger partial charge in [0.1, 0.15) is 0 Å². The highest BCUT2D eigenvalue weighted by molar-refractivity contribution is 5.74. The molecule has 1 unspecified atom stereocenters. The smallest absolute Gasteiger partial charge is 0.317 e. The number of urea groups is 1. The number of aliphatic hydroxyl groups excluding tert-OH is 1. The minimum atomic E-state index is 0.0927. The summed E-state index contributed by atoms with van der Waals surface area (Å²) in [5.74, 6) is 1.33. The molecule has 1 heterocycles. The monoisotopic (exact) mass is 337 g/mol. The van der Waals surface area contributed by atoms with E-state index in [0.717, 1.165) is 51.1 Å². The third-order valence-electron chi connectivity index (χ3n) is 6.53. The van der Waals surface area contributed by atoms with Gasteiger partial charge < -0.3 is 20.2 Å². The van der Waals surface area contributed by atoms with Crippen LogP contribution in [0.4, 0.5) is 4.79 Å². The summed E-state index contributed by atoms with van der Waals surface area (Å²) in [4.78, 5) is 17.0. The van der Waals surface area contributed by atoms with Gasteiger partial charge in [-0.1, -0.05) is 12.8 Å². The number of rotatable bonds is 5. The van der Waals surface area contributed by atoms with Crippen LogP contribution in [0.15, 0.2) is 0 Å². The molecular weight excluding hydrogens is 302 g/mol. The van der Waals surface area contributed by atoms with Gasteiger partial charge in [-0.3, -0.25) is 0 Å². The van der Waals surface area contributed by atoms with E-state index in [1.165, 1.54) is 32.2 Å². The van der Waals surface area contributed by atoms with E-state index in [9.17, 15) is 9.90 Å². The highest BCUT2D eigenvalue weighted by Crippen LogP contribution is 2.28. The lowest BCUT2D eigenvalue weighted by molar-refractivity contribution is 0.132. The third-order valence-corrected chi connectivity index (χ3v) is 6.53. The van der Waals surface area contributed by atoms with Crippen molar-refractivity contribution in [3.63, 3.8) is 0 Å². The fourth-order valence-electron chi connectivity index (χ4n) is 4.83. The first-order valence-corrected chi connectivity index (χ1v) is 10.0. The summed E-state index contributed by atoms with van der Waals surface area (Å²) in [7, 11) is 1.94. The molecule has 0 aromatic carbocycles. The van der Waals surface area contributed by atoms with E-state index in [0.29, 0.717) is 24.6 Å². The standard InChI is InChI=1S/C19H35N3O2/c1-21(18-8-6-16(14-23)7-9-18)19(24)20-17-10-11-22(13-17)12-15-4-2-3-5-15/h15-18,23H,2-14H2,1H3,(H,20,24). The van der Waals surface area contributed by atoms with Gasteiger partial charge in [0.05, 0.1) is 0 Å². The Bertz CT molecular complexity index is 403. The maximum Gasteiger partial charge on any atom is 0.317 e. The molecule has 2 N–H and O–H groups in total. The molecule has 5 heteroatoms. The molecule has 138 valence electrons. The molecule has 2 aliphatic carbocycles. The van der Waals surface area contributed by atoms with Gasteiger partial charge in [-0.2, -0.15) is 0 Å². The summed E-state index contributed by atoms with van der Waals surface area (Å²) in [6.45, 7) is 3.68. The zero-order chi connectivity index (χ0) is 16.9. The Labute approximate surface area is 146 Å². The maximum absolute atomic E-state index is 12.5. The van der Waals surface area contributed by atoms with Crippen LogP contribution in [0.1, 0.15) is 57.8 Å². The van der Waals surface area contributed by atoms with Crippen molar-refractivity contribution in [1.82, 2.24) is 15.1 Å². The number of nitrogens with one attached hydrogen (secondary N) is 1. The van der Waals surface area contributed by atoms with Crippen LogP contribution in [-0.2, 0) is 0 Å². The van der Waals surface area contributed by atoms with Gasteiger partial charge >= 0.3 is 6.03 Å². The van der Waals surface area contributed by atoms with Crippen molar-refractivity contribution >= 4 is 6.03 Å². The summed E-state index contributed by atoms with van der Waals surface area (Å²) in [5.41, 5.74) is 0. The highest BCUT2D eigenvalue weighted by atomic mass is 16.3. The molecule has 1 aliphatic heterocycles. The summed E-state index contributed by atoms with van der Waals surface area (Å²) in [5, 5.41) is 12.5. The Balaban J connectivity index is 1.38. The maximum atomic E-state index is 12.5. The van der Waals surface area contributed by atoms with Crippen molar-refractivity contribution < 1.29 is 9.90 Å². The Hall–Kier alpha value is -0.810. The number of hydrogen-bond acceptors (Lipinski definition) is 3. The van der Waals surface area contributed by atoms with Crippen molar-refractivity contribution in [2.75, 3.05) is 33.3 Å². The minimum absolute atomic E-state index is 0.0927. The van der Waals surface area contributed by atoms with Gasteiger partial charge in [0.2, 0.25) is 0 Å². The Kier molecular flexibility index (Phi) is 6.39. The average Bonchev–Trinajstić information content (AvgIpc) is 3.27. The van der Waals surface area contributed by atoms with Gasteiger partial charge in [0, 0.05) is 45.4 Å². The first-order chi connectivity index (χ1) is 11.7. The molecule has 24 heavy (non-hydrogen) atoms. The van der Waals surface area contributed by atoms with Crippen LogP contribution >= 0.6 is 0 Å². The predicted octanol–water partition coefficient (Wildman–Crippen LogP) is 2.44. The molecule has 5 nitrogen and oxygen atoms in total. The SMILES string of the molecule is CN(C(=O)NC1CCN(CC2CCCC2)C1)C1CCC(CO)CC1. The lowest BCUT2D eigenvalue weighted by Crippen LogP contribution is -2.49. The topological polar surface area (TPSA) is 55.8 Å². The van der Waals surface area contributed by atoms with Crippen LogP contribution in [-0.4, -0.2) is 66.3 Å². The Morgan fingerprint density at radius 3 is 2.46 bits per heavy atom. The van der Waals surface area contributed by atoms with Crippen molar-refractivity contribution in [2.24, 2.45) is 11.8 Å². The fourth-order valence-corrected chi connectivity index (χ4v) is 4.83. The van der Waals surface area contributed by atoms with E-state index < -0.39 is 0 Å². The van der Waals surface area contributed by atoms with Crippen molar-refractivity contribution in [3.05, 3.63) is 0 Å². The second-order valence-corrected chi connectivity index (χ2v) is 8.31. The van der Waals surface area contributed by atoms with Gasteiger partial charge in [-0.25, -0.2) is 4.79 Å². The van der Waals surface area contributed by atoms with Gasteiger partial charge in [-0.15, -0.1) is 0 Å². The van der Waals surface area contributed by atoms with Crippen molar-refractivity contribution in [2.45, 2.75) is 69.9 Å². The number of hydrogen-bond donors (Lipinski definition) is 2. The summed E-state index contributed by atoms with van der Waals surface area (Å²) in [6, 6.07) is 0.745. The summed E-state index contributed by atoms with van der Waals surface area (Å²) in [6.07, 6.45) is 10.8. The van der Waals surface area contributed by atoms with Gasteiger partial charge in [0.15, 0.2) is 0 Å². The second-order valence-electron chi connectivity index (χ2n) is 8.31. The molecule has 0 spiro atoms. The molecule has 0 aromatic heterocycles. The van der Waals surface area contributed by atoms with Crippen LogP contribution in [0.2, 0.25) is 0 Å². The van der Waals surface area contributed by atoms with E-state index in [1.54, 1.807) is 0 Å². The van der Waals surface area contributed by atoms with E-state index in [-0.39, 0.29) is 6.03 Å². The Morgan fingerprint density at radius 1 is 1.08 bits per heavy atom. The van der Waals surface area contributed by atoms with Crippen LogP contribution in [0.5, 0.6) is 0 Å². The highest BCUT2D eigenvalue weighted by Gasteiger charge is 2.30. The predicted molar refractivity (Wildman–Crippen MR) is 95.9 cm³/mol. The van der Waals surface area contributed by atoms with Crippen molar-refractivity contribution in [1.29, 1.82) is 0 Å². The molecule has 0 radical (unpaired) electrons. The normalized spacial score (nSPS) is 32.2. The largest absolute Gasteiger partial charge is 0.396 e. The molecule has 1 atom stereocenters. The molecule has 3 fully saturated rings. The molecule has 3 rings (SSSR count). The van der Waals surface area contributed by atoms with E-state index in [1.807, 2.05) is 11.9 Å². The molecule has 2 saturated carbocycles. The van der Waals surface area contributed by atoms with Crippen LogP contribution in [0, 0.1) is 11.8 Å². The van der Waals surface area contributed by atoms with Gasteiger partial charge in [-0.05, 0) is 56.8 Å². The van der Waals surface area contributed by atoms with Crippen LogP contribution in [0.25, 0.3) is 0 Å². The zero-order valence-electron chi connectivity index (χ0n) is 15.3. The van der Waals surface area contributed by atoms with E-state index in [4.69, 9.17) is 0 Å². The third kappa shape index (κ3) is 4.63. The number of carbonyl (C=O) groups excluding carboxylic acids is 1. The molecule has 0 aromatic rings. The van der Waals surface area contributed by atoms with Crippen LogP contribution < -0.4 is 5.32 Å². The summed E-state index contributed by atoms with van der Waals surface area (Å²) < 4.78 is 0. The van der Waals surface area contributed by atoms with E-state index >= 15 is 0 Å². The average molecular weight is 338 g/mol. The first-order valence-electron chi connectivity index (χ1n) is 10.0. The second kappa shape index (κ2) is 8.52. The number of amides is 2. The summed E-state index contributed by atoms with van der Waals surface area (Å²) >= 11 is 0. The number of likely N-dealkylation sites (tertiary alicyclic amines) is 1. The fraction of sp³-hybridized carbons (Fsp3) is 0.947. The molecule has 2 amide bonds. The van der Waals surface area contributed by atoms with Crippen molar-refractivity contribution in [3.8, 4) is 0 Å². The lowest BCUT2D eigenvalue weighted by atomic mass is 9.86. The Morgan fingerprint density at radius 2 is 1.79 bits per heavy atom. The zero-order valence-corrected chi connectivity index (χ0v) is 15.3. The number of carbonyl (C=O) groups is 1. The molecular formula is C19H35N3O2. The number of aliphatic hydroxyl groups is 1.